The van der Waals surface area contributed by atoms with Crippen LogP contribution in [-0.2, 0) is 11.3 Å². The maximum absolute atomic E-state index is 12.1. The second-order valence-corrected chi connectivity index (χ2v) is 6.65. The van der Waals surface area contributed by atoms with Crippen molar-refractivity contribution in [1.82, 2.24) is 20.0 Å². The van der Waals surface area contributed by atoms with E-state index < -0.39 is 0 Å². The van der Waals surface area contributed by atoms with Crippen LogP contribution in [0.5, 0.6) is 0 Å². The van der Waals surface area contributed by atoms with Crippen molar-refractivity contribution in [2.75, 3.05) is 59.9 Å². The van der Waals surface area contributed by atoms with Gasteiger partial charge in [0.1, 0.15) is 0 Å². The molecule has 1 aromatic rings. The molecule has 7 heteroatoms. The molecular weight excluding hydrogens is 371 g/mol. The van der Waals surface area contributed by atoms with Crippen molar-refractivity contribution in [3.05, 3.63) is 35.9 Å². The van der Waals surface area contributed by atoms with Gasteiger partial charge in [0, 0.05) is 52.2 Å². The van der Waals surface area contributed by atoms with Crippen LogP contribution in [0.2, 0.25) is 0 Å². The lowest BCUT2D eigenvalue weighted by atomic mass is 10.2. The van der Waals surface area contributed by atoms with Crippen molar-refractivity contribution in [3.63, 3.8) is 0 Å². The van der Waals surface area contributed by atoms with Crippen molar-refractivity contribution in [2.24, 2.45) is 0 Å². The highest BCUT2D eigenvalue weighted by atomic mass is 35.5. The minimum absolute atomic E-state index is 0. The molecule has 0 aliphatic carbocycles. The summed E-state index contributed by atoms with van der Waals surface area (Å²) >= 11 is 0. The monoisotopic (exact) mass is 404 g/mol. The largest absolute Gasteiger partial charge is 0.340 e. The number of amides is 1. The minimum atomic E-state index is 0. The van der Waals surface area contributed by atoms with Gasteiger partial charge in [0.25, 0.3) is 0 Å². The van der Waals surface area contributed by atoms with Crippen LogP contribution in [0, 0.1) is 0 Å². The van der Waals surface area contributed by atoms with E-state index in [0.717, 1.165) is 58.8 Å². The summed E-state index contributed by atoms with van der Waals surface area (Å²) in [6.45, 7) is 7.79. The van der Waals surface area contributed by atoms with E-state index in [1.807, 2.05) is 11.9 Å². The molecule has 1 heterocycles. The number of piperazine rings is 1. The molecule has 1 aliphatic heterocycles. The molecule has 1 aliphatic rings. The van der Waals surface area contributed by atoms with Crippen molar-refractivity contribution in [3.8, 4) is 0 Å². The molecule has 0 unspecified atom stereocenters. The van der Waals surface area contributed by atoms with Crippen molar-refractivity contribution < 1.29 is 4.79 Å². The molecule has 0 saturated carbocycles. The number of nitrogens with one attached hydrogen (secondary N) is 1. The van der Waals surface area contributed by atoms with E-state index in [9.17, 15) is 4.79 Å². The fourth-order valence-electron chi connectivity index (χ4n) is 3.08. The van der Waals surface area contributed by atoms with Gasteiger partial charge < -0.3 is 15.1 Å². The van der Waals surface area contributed by atoms with Crippen LogP contribution in [0.15, 0.2) is 30.3 Å². The van der Waals surface area contributed by atoms with Crippen LogP contribution < -0.4 is 5.32 Å². The molecule has 26 heavy (non-hydrogen) atoms. The van der Waals surface area contributed by atoms with Gasteiger partial charge in [0.15, 0.2) is 0 Å². The Morgan fingerprint density at radius 3 is 2.38 bits per heavy atom. The first-order valence-corrected chi connectivity index (χ1v) is 9.06. The second-order valence-electron chi connectivity index (χ2n) is 6.65. The molecular formula is C19H34Cl2N4O. The number of likely N-dealkylation sites (N-methyl/N-ethyl adjacent to an activating group) is 1. The summed E-state index contributed by atoms with van der Waals surface area (Å²) in [7, 11) is 4.10. The lowest BCUT2D eigenvalue weighted by Crippen LogP contribution is -2.50. The molecule has 1 aromatic carbocycles. The standard InChI is InChI=1S/C19H32N4O.2ClH/c1-20-10-6-9-19(24)23-15-13-22(14-16-23)12-11-21(2)17-18-7-4-3-5-8-18;;/h3-5,7-8,20H,6,9-17H2,1-2H3;2*1H. The number of rotatable bonds is 9. The molecule has 1 saturated heterocycles. The Kier molecular flexibility index (Phi) is 13.8. The second kappa shape index (κ2) is 14.2. The summed E-state index contributed by atoms with van der Waals surface area (Å²) in [6, 6.07) is 10.6. The van der Waals surface area contributed by atoms with Crippen LogP contribution in [-0.4, -0.2) is 80.5 Å². The van der Waals surface area contributed by atoms with E-state index in [1.165, 1.54) is 5.56 Å². The van der Waals surface area contributed by atoms with Crippen LogP contribution in [0.4, 0.5) is 0 Å². The average molecular weight is 405 g/mol. The summed E-state index contributed by atoms with van der Waals surface area (Å²) in [6.07, 6.45) is 1.60. The Hall–Kier alpha value is -0.850. The summed E-state index contributed by atoms with van der Waals surface area (Å²) in [4.78, 5) is 19.0. The fraction of sp³-hybridized carbons (Fsp3) is 0.632. The molecule has 0 radical (unpaired) electrons. The lowest BCUT2D eigenvalue weighted by Gasteiger charge is -2.35. The zero-order chi connectivity index (χ0) is 17.2. The van der Waals surface area contributed by atoms with Crippen LogP contribution in [0.25, 0.3) is 0 Å². The van der Waals surface area contributed by atoms with Gasteiger partial charge >= 0.3 is 0 Å². The van der Waals surface area contributed by atoms with E-state index in [-0.39, 0.29) is 24.8 Å². The maximum atomic E-state index is 12.1. The van der Waals surface area contributed by atoms with Gasteiger partial charge in [0.05, 0.1) is 0 Å². The molecule has 150 valence electrons. The van der Waals surface area contributed by atoms with E-state index in [4.69, 9.17) is 0 Å². The number of hydrogen-bond acceptors (Lipinski definition) is 4. The third kappa shape index (κ3) is 9.19. The number of carbonyl (C=O) groups is 1. The Labute approximate surface area is 170 Å². The molecule has 1 N–H and O–H groups in total. The summed E-state index contributed by atoms with van der Waals surface area (Å²) in [5.74, 6) is 0.311. The Morgan fingerprint density at radius 2 is 1.77 bits per heavy atom. The van der Waals surface area contributed by atoms with Crippen LogP contribution >= 0.6 is 24.8 Å². The molecule has 2 rings (SSSR count). The zero-order valence-electron chi connectivity index (χ0n) is 16.0. The quantitative estimate of drug-likeness (QED) is 0.639. The molecule has 0 atom stereocenters. The van der Waals surface area contributed by atoms with E-state index in [0.29, 0.717) is 12.3 Å². The van der Waals surface area contributed by atoms with Gasteiger partial charge in [0.2, 0.25) is 5.91 Å². The third-order valence-electron chi connectivity index (χ3n) is 4.64. The Bertz CT molecular complexity index is 482. The molecule has 0 bridgehead atoms. The normalized spacial score (nSPS) is 14.7. The summed E-state index contributed by atoms with van der Waals surface area (Å²) in [5, 5.41) is 3.09. The van der Waals surface area contributed by atoms with Crippen molar-refractivity contribution >= 4 is 30.7 Å². The highest BCUT2D eigenvalue weighted by Crippen LogP contribution is 2.06. The van der Waals surface area contributed by atoms with Gasteiger partial charge in [-0.15, -0.1) is 24.8 Å². The first-order chi connectivity index (χ1) is 11.7. The molecule has 1 amide bonds. The predicted octanol–water partition coefficient (Wildman–Crippen LogP) is 2.11. The SMILES string of the molecule is CNCCCC(=O)N1CCN(CCN(C)Cc2ccccc2)CC1.Cl.Cl. The number of nitrogens with zero attached hydrogens (tertiary/aromatic N) is 3. The fourth-order valence-corrected chi connectivity index (χ4v) is 3.08. The Morgan fingerprint density at radius 1 is 1.12 bits per heavy atom. The number of carbonyl (C=O) groups excluding carboxylic acids is 1. The molecule has 0 aromatic heterocycles. The highest BCUT2D eigenvalue weighted by Gasteiger charge is 2.20. The van der Waals surface area contributed by atoms with Gasteiger partial charge in [-0.3, -0.25) is 9.69 Å². The molecule has 5 nitrogen and oxygen atoms in total. The van der Waals surface area contributed by atoms with Gasteiger partial charge in [-0.05, 0) is 32.6 Å². The lowest BCUT2D eigenvalue weighted by molar-refractivity contribution is -0.133. The van der Waals surface area contributed by atoms with Gasteiger partial charge in [-0.25, -0.2) is 0 Å². The maximum Gasteiger partial charge on any atom is 0.222 e. The van der Waals surface area contributed by atoms with Crippen molar-refractivity contribution in [1.29, 1.82) is 0 Å². The van der Waals surface area contributed by atoms with Crippen molar-refractivity contribution in [2.45, 2.75) is 19.4 Å². The molecule has 1 fully saturated rings. The minimum Gasteiger partial charge on any atom is -0.340 e. The topological polar surface area (TPSA) is 38.8 Å². The zero-order valence-corrected chi connectivity index (χ0v) is 17.7. The summed E-state index contributed by atoms with van der Waals surface area (Å²) < 4.78 is 0. The number of hydrogen-bond donors (Lipinski definition) is 1. The highest BCUT2D eigenvalue weighted by molar-refractivity contribution is 5.85. The number of halogens is 2. The van der Waals surface area contributed by atoms with Crippen LogP contribution in [0.3, 0.4) is 0 Å². The van der Waals surface area contributed by atoms with E-state index in [1.54, 1.807) is 0 Å². The van der Waals surface area contributed by atoms with Crippen LogP contribution in [0.1, 0.15) is 18.4 Å². The molecule has 0 spiro atoms. The van der Waals surface area contributed by atoms with E-state index >= 15 is 0 Å². The predicted molar refractivity (Wildman–Crippen MR) is 113 cm³/mol. The first-order valence-electron chi connectivity index (χ1n) is 9.06. The van der Waals surface area contributed by atoms with E-state index in [2.05, 4.69) is 52.5 Å². The smallest absolute Gasteiger partial charge is 0.222 e. The summed E-state index contributed by atoms with van der Waals surface area (Å²) in [5.41, 5.74) is 1.36. The first kappa shape index (κ1) is 25.1. The van der Waals surface area contributed by atoms with Gasteiger partial charge in [-0.1, -0.05) is 30.3 Å². The average Bonchev–Trinajstić information content (AvgIpc) is 2.61. The number of benzene rings is 1. The Balaban J connectivity index is 0.00000312. The van der Waals surface area contributed by atoms with Gasteiger partial charge in [-0.2, -0.15) is 0 Å². The third-order valence-corrected chi connectivity index (χ3v) is 4.64.